The van der Waals surface area contributed by atoms with Crippen molar-refractivity contribution in [3.05, 3.63) is 94.1 Å². The Bertz CT molecular complexity index is 1360. The number of carbonyl (C=O) groups excluding carboxylic acids is 1. The van der Waals surface area contributed by atoms with Gasteiger partial charge in [-0.2, -0.15) is 5.10 Å². The van der Waals surface area contributed by atoms with Gasteiger partial charge in [0, 0.05) is 21.7 Å². The Balaban J connectivity index is 1.51. The van der Waals surface area contributed by atoms with E-state index in [0.29, 0.717) is 10.6 Å². The molecule has 0 fully saturated rings. The van der Waals surface area contributed by atoms with Gasteiger partial charge >= 0.3 is 0 Å². The molecule has 3 aromatic carbocycles. The summed E-state index contributed by atoms with van der Waals surface area (Å²) < 4.78 is 2.05. The van der Waals surface area contributed by atoms with Crippen LogP contribution in [0.3, 0.4) is 0 Å². The molecule has 4 nitrogen and oxygen atoms in total. The van der Waals surface area contributed by atoms with E-state index >= 15 is 0 Å². The van der Waals surface area contributed by atoms with Gasteiger partial charge < -0.3 is 5.32 Å². The number of aryl methyl sites for hydroxylation is 2. The molecule has 1 aliphatic carbocycles. The van der Waals surface area contributed by atoms with Crippen molar-refractivity contribution in [2.45, 2.75) is 38.0 Å². The zero-order valence-electron chi connectivity index (χ0n) is 19.3. The van der Waals surface area contributed by atoms with E-state index in [-0.39, 0.29) is 5.91 Å². The number of aromatic nitrogens is 2. The standard InChI is InChI=1S/C28H26ClN3OS/c1-3-16-34-22-13-11-21(12-14-22)32-27-23(18(2)31-32)15-9-19-8-10-20(17-25(19)27)30-28(33)24-6-4-5-7-26(24)29/h4-8,10-14,17H,3,9,15-16H2,1-2H3,(H,30,33). The molecule has 0 radical (unpaired) electrons. The quantitative estimate of drug-likeness (QED) is 0.289. The topological polar surface area (TPSA) is 46.9 Å². The lowest BCUT2D eigenvalue weighted by atomic mass is 9.88. The number of hydrogen-bond acceptors (Lipinski definition) is 3. The number of nitrogens with one attached hydrogen (secondary N) is 1. The van der Waals surface area contributed by atoms with Crippen molar-refractivity contribution in [1.82, 2.24) is 9.78 Å². The van der Waals surface area contributed by atoms with Gasteiger partial charge in [-0.15, -0.1) is 11.8 Å². The Hall–Kier alpha value is -3.02. The fourth-order valence-electron chi connectivity index (χ4n) is 4.42. The van der Waals surface area contributed by atoms with Gasteiger partial charge in [-0.25, -0.2) is 4.68 Å². The Kier molecular flexibility index (Phi) is 6.48. The van der Waals surface area contributed by atoms with E-state index in [0.717, 1.165) is 53.3 Å². The SMILES string of the molecule is CCCSc1ccc(-n2nc(C)c3c2-c2cc(NC(=O)c4ccccc4Cl)ccc2CC3)cc1. The van der Waals surface area contributed by atoms with Gasteiger partial charge in [-0.1, -0.05) is 36.7 Å². The lowest BCUT2D eigenvalue weighted by Crippen LogP contribution is -2.13. The normalized spacial score (nSPS) is 12.2. The highest BCUT2D eigenvalue weighted by molar-refractivity contribution is 7.99. The van der Waals surface area contributed by atoms with Crippen LogP contribution < -0.4 is 5.32 Å². The van der Waals surface area contributed by atoms with Gasteiger partial charge in [0.1, 0.15) is 0 Å². The zero-order chi connectivity index (χ0) is 23.7. The molecule has 0 bridgehead atoms. The highest BCUT2D eigenvalue weighted by atomic mass is 35.5. The maximum atomic E-state index is 12.8. The van der Waals surface area contributed by atoms with Crippen molar-refractivity contribution in [3.63, 3.8) is 0 Å². The second kappa shape index (κ2) is 9.69. The molecule has 1 aromatic heterocycles. The molecule has 0 saturated heterocycles. The maximum absolute atomic E-state index is 12.8. The van der Waals surface area contributed by atoms with Crippen molar-refractivity contribution in [1.29, 1.82) is 0 Å². The third-order valence-electron chi connectivity index (χ3n) is 6.12. The summed E-state index contributed by atoms with van der Waals surface area (Å²) in [5.74, 6) is 0.900. The van der Waals surface area contributed by atoms with E-state index in [2.05, 4.69) is 60.2 Å². The number of anilines is 1. The van der Waals surface area contributed by atoms with Gasteiger partial charge in [0.25, 0.3) is 5.91 Å². The predicted octanol–water partition coefficient (Wildman–Crippen LogP) is 7.35. The van der Waals surface area contributed by atoms with Crippen LogP contribution in [0.15, 0.2) is 71.6 Å². The maximum Gasteiger partial charge on any atom is 0.257 e. The fourth-order valence-corrected chi connectivity index (χ4v) is 5.41. The van der Waals surface area contributed by atoms with Crippen molar-refractivity contribution in [2.24, 2.45) is 0 Å². The molecule has 1 aliphatic rings. The first-order valence-corrected chi connectivity index (χ1v) is 12.9. The summed E-state index contributed by atoms with van der Waals surface area (Å²) in [4.78, 5) is 14.1. The van der Waals surface area contributed by atoms with Crippen molar-refractivity contribution in [3.8, 4) is 16.9 Å². The summed E-state index contributed by atoms with van der Waals surface area (Å²) in [7, 11) is 0. The number of amides is 1. The molecule has 0 atom stereocenters. The smallest absolute Gasteiger partial charge is 0.257 e. The summed E-state index contributed by atoms with van der Waals surface area (Å²) >= 11 is 8.10. The van der Waals surface area contributed by atoms with Crippen LogP contribution in [0.4, 0.5) is 5.69 Å². The Labute approximate surface area is 209 Å². The summed E-state index contributed by atoms with van der Waals surface area (Å²) in [6.07, 6.45) is 3.08. The monoisotopic (exact) mass is 487 g/mol. The molecular formula is C28H26ClN3OS. The second-order valence-corrected chi connectivity index (χ2v) is 10.0. The average molecular weight is 488 g/mol. The summed E-state index contributed by atoms with van der Waals surface area (Å²) in [5.41, 5.74) is 8.06. The minimum atomic E-state index is -0.216. The van der Waals surface area contributed by atoms with Crippen LogP contribution in [0.1, 0.15) is 40.5 Å². The highest BCUT2D eigenvalue weighted by Crippen LogP contribution is 2.38. The first-order valence-electron chi connectivity index (χ1n) is 11.6. The lowest BCUT2D eigenvalue weighted by Gasteiger charge is -2.20. The Morgan fingerprint density at radius 1 is 1.09 bits per heavy atom. The van der Waals surface area contributed by atoms with E-state index in [4.69, 9.17) is 16.7 Å². The van der Waals surface area contributed by atoms with Gasteiger partial charge in [0.05, 0.1) is 27.7 Å². The third-order valence-corrected chi connectivity index (χ3v) is 7.67. The van der Waals surface area contributed by atoms with Crippen LogP contribution in [0, 0.1) is 6.92 Å². The minimum absolute atomic E-state index is 0.216. The van der Waals surface area contributed by atoms with E-state index in [1.54, 1.807) is 12.1 Å². The molecule has 4 aromatic rings. The first-order chi connectivity index (χ1) is 16.5. The molecular weight excluding hydrogens is 462 g/mol. The molecule has 0 aliphatic heterocycles. The molecule has 1 amide bonds. The number of rotatable bonds is 6. The fraction of sp³-hybridized carbons (Fsp3) is 0.214. The zero-order valence-corrected chi connectivity index (χ0v) is 20.8. The molecule has 0 unspecified atom stereocenters. The molecule has 172 valence electrons. The number of hydrogen-bond donors (Lipinski definition) is 1. The van der Waals surface area contributed by atoms with Crippen molar-refractivity contribution < 1.29 is 4.79 Å². The second-order valence-electron chi connectivity index (χ2n) is 8.47. The van der Waals surface area contributed by atoms with Crippen LogP contribution in [0.2, 0.25) is 5.02 Å². The molecule has 34 heavy (non-hydrogen) atoms. The first kappa shape index (κ1) is 22.8. The van der Waals surface area contributed by atoms with Crippen LogP contribution >= 0.6 is 23.4 Å². The molecule has 1 heterocycles. The number of nitrogens with zero attached hydrogens (tertiary/aromatic N) is 2. The van der Waals surface area contributed by atoms with Gasteiger partial charge in [0.2, 0.25) is 0 Å². The van der Waals surface area contributed by atoms with Crippen LogP contribution in [0.25, 0.3) is 16.9 Å². The van der Waals surface area contributed by atoms with E-state index in [9.17, 15) is 4.79 Å². The van der Waals surface area contributed by atoms with E-state index in [1.165, 1.54) is 16.0 Å². The number of benzene rings is 3. The third kappa shape index (κ3) is 4.38. The van der Waals surface area contributed by atoms with Gasteiger partial charge in [-0.3, -0.25) is 4.79 Å². The largest absolute Gasteiger partial charge is 0.322 e. The highest BCUT2D eigenvalue weighted by Gasteiger charge is 2.25. The molecule has 1 N–H and O–H groups in total. The molecule has 6 heteroatoms. The van der Waals surface area contributed by atoms with Gasteiger partial charge in [0.15, 0.2) is 0 Å². The molecule has 5 rings (SSSR count). The number of carbonyl (C=O) groups is 1. The van der Waals surface area contributed by atoms with E-state index in [1.807, 2.05) is 30.0 Å². The van der Waals surface area contributed by atoms with Crippen molar-refractivity contribution >= 4 is 35.0 Å². The van der Waals surface area contributed by atoms with Crippen LogP contribution in [0.5, 0.6) is 0 Å². The molecule has 0 spiro atoms. The number of halogens is 1. The summed E-state index contributed by atoms with van der Waals surface area (Å²) in [6.45, 7) is 4.28. The van der Waals surface area contributed by atoms with Crippen molar-refractivity contribution in [2.75, 3.05) is 11.1 Å². The Morgan fingerprint density at radius 2 is 1.88 bits per heavy atom. The number of fused-ring (bicyclic) bond motifs is 3. The average Bonchev–Trinajstić information content (AvgIpc) is 3.20. The molecule has 0 saturated carbocycles. The van der Waals surface area contributed by atoms with Gasteiger partial charge in [-0.05, 0) is 86.0 Å². The lowest BCUT2D eigenvalue weighted by molar-refractivity contribution is 0.102. The van der Waals surface area contributed by atoms with Crippen LogP contribution in [-0.4, -0.2) is 21.4 Å². The Morgan fingerprint density at radius 3 is 2.65 bits per heavy atom. The van der Waals surface area contributed by atoms with E-state index < -0.39 is 0 Å². The summed E-state index contributed by atoms with van der Waals surface area (Å²) in [6, 6.07) is 21.8. The predicted molar refractivity (Wildman–Crippen MR) is 142 cm³/mol. The van der Waals surface area contributed by atoms with Crippen LogP contribution in [-0.2, 0) is 12.8 Å². The minimum Gasteiger partial charge on any atom is -0.322 e. The number of thioether (sulfide) groups is 1. The summed E-state index contributed by atoms with van der Waals surface area (Å²) in [5, 5.41) is 8.36.